The summed E-state index contributed by atoms with van der Waals surface area (Å²) < 4.78 is 33.0. The first-order valence-electron chi connectivity index (χ1n) is 9.61. The number of hydrogen-bond acceptors (Lipinski definition) is 8. The smallest absolute Gasteiger partial charge is 0.339 e. The van der Waals surface area contributed by atoms with Gasteiger partial charge in [-0.05, 0) is 73.8 Å². The Bertz CT molecular complexity index is 1420. The van der Waals surface area contributed by atoms with Crippen LogP contribution in [0.3, 0.4) is 0 Å². The van der Waals surface area contributed by atoms with Gasteiger partial charge in [0.2, 0.25) is 0 Å². The second kappa shape index (κ2) is 11.0. The number of thioether (sulfide) groups is 1. The number of hydrazone groups is 1. The van der Waals surface area contributed by atoms with E-state index in [4.69, 9.17) is 4.18 Å². The van der Waals surface area contributed by atoms with Gasteiger partial charge < -0.3 is 4.18 Å². The normalized spacial score (nSPS) is 11.7. The van der Waals surface area contributed by atoms with Gasteiger partial charge in [0.25, 0.3) is 5.91 Å². The molecular formula is C22H15Br2N3O4S3. The first kappa shape index (κ1) is 24.9. The number of benzene rings is 3. The molecule has 0 bridgehead atoms. The predicted molar refractivity (Wildman–Crippen MR) is 142 cm³/mol. The fraction of sp³-hybridized carbons (Fsp3) is 0.0455. The standard InChI is InChI=1S/C22H15Br2N3O4S3/c23-16-10-14(11-17(24)21(16)31-34(29,30)15-6-2-1-3-7-15)12-25-27-20(28)13-32-22-26-18-8-4-5-9-19(18)33-22/h1-12H,13H2,(H,27,28)/b25-12-. The van der Waals surface area contributed by atoms with Crippen LogP contribution in [0.15, 0.2) is 90.0 Å². The minimum Gasteiger partial charge on any atom is -0.377 e. The summed E-state index contributed by atoms with van der Waals surface area (Å²) in [5.41, 5.74) is 4.00. The number of amides is 1. The lowest BCUT2D eigenvalue weighted by Gasteiger charge is -2.11. The summed E-state index contributed by atoms with van der Waals surface area (Å²) in [6, 6.07) is 18.9. The molecule has 0 aliphatic rings. The van der Waals surface area contributed by atoms with E-state index in [0.717, 1.165) is 14.6 Å². The number of halogens is 2. The fourth-order valence-electron chi connectivity index (χ4n) is 2.73. The summed E-state index contributed by atoms with van der Waals surface area (Å²) in [5, 5.41) is 3.98. The molecule has 0 aliphatic heterocycles. The zero-order valence-corrected chi connectivity index (χ0v) is 22.8. The molecule has 0 spiro atoms. The average Bonchev–Trinajstić information content (AvgIpc) is 3.24. The van der Waals surface area contributed by atoms with Crippen LogP contribution in [0.2, 0.25) is 0 Å². The van der Waals surface area contributed by atoms with Crippen LogP contribution >= 0.6 is 55.0 Å². The number of nitrogens with one attached hydrogen (secondary N) is 1. The Balaban J connectivity index is 1.36. The summed E-state index contributed by atoms with van der Waals surface area (Å²) in [4.78, 5) is 16.7. The van der Waals surface area contributed by atoms with Crippen molar-refractivity contribution in [2.75, 3.05) is 5.75 Å². The van der Waals surface area contributed by atoms with Crippen molar-refractivity contribution < 1.29 is 17.4 Å². The molecule has 4 aromatic rings. The number of para-hydroxylation sites is 1. The molecule has 4 rings (SSSR count). The van der Waals surface area contributed by atoms with Gasteiger partial charge in [-0.3, -0.25) is 4.79 Å². The molecule has 0 radical (unpaired) electrons. The van der Waals surface area contributed by atoms with Crippen molar-refractivity contribution >= 4 is 87.4 Å². The molecule has 12 heteroatoms. The van der Waals surface area contributed by atoms with Crippen molar-refractivity contribution in [2.24, 2.45) is 5.10 Å². The van der Waals surface area contributed by atoms with E-state index >= 15 is 0 Å². The lowest BCUT2D eigenvalue weighted by atomic mass is 10.2. The highest BCUT2D eigenvalue weighted by Gasteiger charge is 2.20. The second-order valence-corrected chi connectivity index (χ2v) is 12.2. The number of carbonyl (C=O) groups excluding carboxylic acids is 1. The van der Waals surface area contributed by atoms with Crippen LogP contribution in [-0.2, 0) is 14.9 Å². The van der Waals surface area contributed by atoms with Crippen LogP contribution in [-0.4, -0.2) is 31.3 Å². The monoisotopic (exact) mass is 639 g/mol. The van der Waals surface area contributed by atoms with Gasteiger partial charge in [0.1, 0.15) is 4.90 Å². The zero-order valence-electron chi connectivity index (χ0n) is 17.1. The number of nitrogens with zero attached hydrogens (tertiary/aromatic N) is 2. The van der Waals surface area contributed by atoms with Crippen molar-refractivity contribution in [3.63, 3.8) is 0 Å². The molecule has 0 atom stereocenters. The summed E-state index contributed by atoms with van der Waals surface area (Å²) in [7, 11) is -3.99. The second-order valence-electron chi connectivity index (χ2n) is 6.69. The molecule has 0 saturated carbocycles. The molecule has 1 aromatic heterocycles. The van der Waals surface area contributed by atoms with Crippen LogP contribution in [0.4, 0.5) is 0 Å². The molecule has 0 fully saturated rings. The van der Waals surface area contributed by atoms with Crippen LogP contribution in [0, 0.1) is 0 Å². The number of thiazole rings is 1. The molecule has 174 valence electrons. The third kappa shape index (κ3) is 6.25. The van der Waals surface area contributed by atoms with Crippen LogP contribution in [0.5, 0.6) is 5.75 Å². The lowest BCUT2D eigenvalue weighted by Crippen LogP contribution is -2.19. The van der Waals surface area contributed by atoms with Crippen molar-refractivity contribution in [1.82, 2.24) is 10.4 Å². The van der Waals surface area contributed by atoms with Crippen LogP contribution in [0.1, 0.15) is 5.56 Å². The van der Waals surface area contributed by atoms with E-state index in [1.165, 1.54) is 41.4 Å². The Morgan fingerprint density at radius 2 is 1.76 bits per heavy atom. The zero-order chi connectivity index (χ0) is 24.1. The molecule has 1 amide bonds. The molecule has 0 saturated heterocycles. The Kier molecular flexibility index (Phi) is 8.04. The first-order valence-corrected chi connectivity index (χ1v) is 14.4. The largest absolute Gasteiger partial charge is 0.377 e. The summed E-state index contributed by atoms with van der Waals surface area (Å²) in [6.07, 6.45) is 1.45. The van der Waals surface area contributed by atoms with Crippen molar-refractivity contribution in [1.29, 1.82) is 0 Å². The molecule has 3 aromatic carbocycles. The quantitative estimate of drug-likeness (QED) is 0.113. The number of fused-ring (bicyclic) bond motifs is 1. The number of hydrogen-bond donors (Lipinski definition) is 1. The highest BCUT2D eigenvalue weighted by molar-refractivity contribution is 9.11. The molecule has 0 aliphatic carbocycles. The van der Waals surface area contributed by atoms with Crippen molar-refractivity contribution in [2.45, 2.75) is 9.24 Å². The minimum absolute atomic E-state index is 0.0471. The molecular weight excluding hydrogens is 626 g/mol. The minimum atomic E-state index is -3.99. The van der Waals surface area contributed by atoms with Gasteiger partial charge in [-0.25, -0.2) is 10.4 Å². The van der Waals surface area contributed by atoms with Crippen LogP contribution < -0.4 is 9.61 Å². The SMILES string of the molecule is O=C(CSc1nc2ccccc2s1)N/N=C\c1cc(Br)c(OS(=O)(=O)c2ccccc2)c(Br)c1. The van der Waals surface area contributed by atoms with E-state index in [1.807, 2.05) is 24.3 Å². The summed E-state index contributed by atoms with van der Waals surface area (Å²) in [6.45, 7) is 0. The fourth-order valence-corrected chi connectivity index (χ4v) is 7.17. The molecule has 34 heavy (non-hydrogen) atoms. The van der Waals surface area contributed by atoms with E-state index in [0.29, 0.717) is 14.5 Å². The maximum Gasteiger partial charge on any atom is 0.339 e. The molecule has 1 N–H and O–H groups in total. The molecule has 0 unspecified atom stereocenters. The predicted octanol–water partition coefficient (Wildman–Crippen LogP) is 5.83. The van der Waals surface area contributed by atoms with Gasteiger partial charge in [0.05, 0.1) is 31.1 Å². The lowest BCUT2D eigenvalue weighted by molar-refractivity contribution is -0.118. The Labute approximate surface area is 221 Å². The molecule has 1 heterocycles. The topological polar surface area (TPSA) is 97.7 Å². The Morgan fingerprint density at radius 1 is 1.09 bits per heavy atom. The van der Waals surface area contributed by atoms with E-state index in [-0.39, 0.29) is 22.3 Å². The third-order valence-corrected chi connectivity index (χ3v) is 8.84. The van der Waals surface area contributed by atoms with Gasteiger partial charge in [-0.1, -0.05) is 42.1 Å². The Morgan fingerprint density at radius 3 is 2.47 bits per heavy atom. The van der Waals surface area contributed by atoms with E-state index in [2.05, 4.69) is 47.4 Å². The van der Waals surface area contributed by atoms with E-state index < -0.39 is 10.1 Å². The van der Waals surface area contributed by atoms with Crippen molar-refractivity contribution in [3.8, 4) is 5.75 Å². The third-order valence-electron chi connectivity index (χ3n) is 4.25. The Hall–Kier alpha value is -2.25. The van der Waals surface area contributed by atoms with Gasteiger partial charge in [-0.15, -0.1) is 11.3 Å². The maximum atomic E-state index is 12.5. The molecule has 7 nitrogen and oxygen atoms in total. The number of carbonyl (C=O) groups is 1. The maximum absolute atomic E-state index is 12.5. The highest BCUT2D eigenvalue weighted by Crippen LogP contribution is 2.36. The van der Waals surface area contributed by atoms with Gasteiger partial charge in [0, 0.05) is 0 Å². The summed E-state index contributed by atoms with van der Waals surface area (Å²) in [5.74, 6) is 0.0131. The van der Waals surface area contributed by atoms with E-state index in [1.54, 1.807) is 30.3 Å². The number of rotatable bonds is 8. The highest BCUT2D eigenvalue weighted by atomic mass is 79.9. The van der Waals surface area contributed by atoms with Gasteiger partial charge in [-0.2, -0.15) is 13.5 Å². The average molecular weight is 641 g/mol. The number of aromatic nitrogens is 1. The van der Waals surface area contributed by atoms with Gasteiger partial charge in [0.15, 0.2) is 10.1 Å². The van der Waals surface area contributed by atoms with Crippen molar-refractivity contribution in [3.05, 3.63) is 81.2 Å². The van der Waals surface area contributed by atoms with Gasteiger partial charge >= 0.3 is 10.1 Å². The van der Waals surface area contributed by atoms with E-state index in [9.17, 15) is 13.2 Å². The van der Waals surface area contributed by atoms with Crippen LogP contribution in [0.25, 0.3) is 10.2 Å². The summed E-state index contributed by atoms with van der Waals surface area (Å²) >= 11 is 9.54. The first-order chi connectivity index (χ1) is 16.3.